The standard InChI is InChI=1S/C24H26N4O4/c1-15-20(22(29)27(25-15)18-7-4-3-5-8-18)9-6-10-21-16(2)26-28(23(21)30)19-13-11-17(12-14-19)24(31)32/h3-15,20,22,24-25,29,31-32H,1-2H3/b9-6+,21-10-. The highest BCUT2D eigenvalue weighted by Crippen LogP contribution is 2.28. The fourth-order valence-corrected chi connectivity index (χ4v) is 3.85. The molecule has 1 amide bonds. The molecule has 3 unspecified atom stereocenters. The molecule has 1 saturated heterocycles. The highest BCUT2D eigenvalue weighted by Gasteiger charge is 2.36. The lowest BCUT2D eigenvalue weighted by Gasteiger charge is -2.23. The quantitative estimate of drug-likeness (QED) is 0.425. The fourth-order valence-electron chi connectivity index (χ4n) is 3.85. The van der Waals surface area contributed by atoms with Crippen molar-refractivity contribution in [3.05, 3.63) is 84.0 Å². The number of hydrazone groups is 1. The number of amides is 1. The van der Waals surface area contributed by atoms with Gasteiger partial charge in [0, 0.05) is 17.5 Å². The van der Waals surface area contributed by atoms with Gasteiger partial charge in [-0.2, -0.15) is 10.1 Å². The Hall–Kier alpha value is -3.30. The molecule has 0 bridgehead atoms. The zero-order chi connectivity index (χ0) is 22.8. The second kappa shape index (κ2) is 9.05. The van der Waals surface area contributed by atoms with Crippen molar-refractivity contribution in [1.29, 1.82) is 0 Å². The van der Waals surface area contributed by atoms with Crippen LogP contribution in [0.15, 0.2) is 83.5 Å². The van der Waals surface area contributed by atoms with E-state index in [1.807, 2.05) is 43.3 Å². The molecule has 8 nitrogen and oxygen atoms in total. The van der Waals surface area contributed by atoms with Gasteiger partial charge < -0.3 is 15.3 Å². The van der Waals surface area contributed by atoms with Crippen LogP contribution in [0.1, 0.15) is 25.7 Å². The van der Waals surface area contributed by atoms with Crippen LogP contribution in [-0.2, 0) is 4.79 Å². The summed E-state index contributed by atoms with van der Waals surface area (Å²) in [7, 11) is 0. The maximum atomic E-state index is 12.9. The van der Waals surface area contributed by atoms with Crippen LogP contribution in [0.4, 0.5) is 11.4 Å². The fraction of sp³-hybridized carbons (Fsp3) is 0.250. The van der Waals surface area contributed by atoms with Crippen LogP contribution in [0.25, 0.3) is 0 Å². The summed E-state index contributed by atoms with van der Waals surface area (Å²) >= 11 is 0. The molecule has 1 fully saturated rings. The molecule has 2 aromatic carbocycles. The van der Waals surface area contributed by atoms with E-state index < -0.39 is 12.5 Å². The first kappa shape index (κ1) is 21.9. The third kappa shape index (κ3) is 4.21. The summed E-state index contributed by atoms with van der Waals surface area (Å²) in [6.07, 6.45) is 3.07. The lowest BCUT2D eigenvalue weighted by Crippen LogP contribution is -2.39. The minimum atomic E-state index is -1.57. The van der Waals surface area contributed by atoms with Crippen molar-refractivity contribution < 1.29 is 20.1 Å². The summed E-state index contributed by atoms with van der Waals surface area (Å²) in [5.41, 5.74) is 6.07. The van der Waals surface area contributed by atoms with Gasteiger partial charge in [-0.15, -0.1) is 0 Å². The Kier molecular flexibility index (Phi) is 6.20. The molecule has 4 rings (SSSR count). The summed E-state index contributed by atoms with van der Waals surface area (Å²) in [4.78, 5) is 12.9. The Morgan fingerprint density at radius 2 is 1.75 bits per heavy atom. The molecule has 2 aliphatic heterocycles. The van der Waals surface area contributed by atoms with E-state index in [2.05, 4.69) is 10.5 Å². The molecule has 2 aliphatic rings. The number of nitrogens with zero attached hydrogens (tertiary/aromatic N) is 3. The van der Waals surface area contributed by atoms with Crippen LogP contribution >= 0.6 is 0 Å². The van der Waals surface area contributed by atoms with Crippen LogP contribution in [0.2, 0.25) is 0 Å². The number of aliphatic hydroxyl groups is 3. The van der Waals surface area contributed by atoms with Crippen LogP contribution in [0, 0.1) is 5.92 Å². The van der Waals surface area contributed by atoms with Crippen LogP contribution in [0.3, 0.4) is 0 Å². The first-order chi connectivity index (χ1) is 15.4. The minimum Gasteiger partial charge on any atom is -0.372 e. The second-order valence-electron chi connectivity index (χ2n) is 7.85. The van der Waals surface area contributed by atoms with Gasteiger partial charge in [0.1, 0.15) is 6.23 Å². The van der Waals surface area contributed by atoms with Crippen LogP contribution in [-0.4, -0.2) is 39.2 Å². The predicted molar refractivity (Wildman–Crippen MR) is 122 cm³/mol. The monoisotopic (exact) mass is 434 g/mol. The number of benzene rings is 2. The molecule has 4 N–H and O–H groups in total. The predicted octanol–water partition coefficient (Wildman–Crippen LogP) is 2.22. The lowest BCUT2D eigenvalue weighted by molar-refractivity contribution is -0.114. The average Bonchev–Trinajstić information content (AvgIpc) is 3.24. The SMILES string of the molecule is CC1=NN(c2ccc(C(O)O)cc2)C(=O)/C1=C\C=C\C1C(C)NN(c2ccccc2)C1O. The first-order valence-electron chi connectivity index (χ1n) is 10.4. The summed E-state index contributed by atoms with van der Waals surface area (Å²) in [5.74, 6) is -0.442. The highest BCUT2D eigenvalue weighted by atomic mass is 16.5. The van der Waals surface area contributed by atoms with Crippen molar-refractivity contribution in [2.75, 3.05) is 10.0 Å². The van der Waals surface area contributed by atoms with Gasteiger partial charge in [0.25, 0.3) is 5.91 Å². The number of carbonyl (C=O) groups excluding carboxylic acids is 1. The van der Waals surface area contributed by atoms with Gasteiger partial charge in [-0.3, -0.25) is 9.80 Å². The molecule has 0 saturated carbocycles. The van der Waals surface area contributed by atoms with Gasteiger partial charge in [-0.1, -0.05) is 42.5 Å². The Labute approximate surface area is 186 Å². The van der Waals surface area contributed by atoms with Gasteiger partial charge in [0.2, 0.25) is 0 Å². The van der Waals surface area contributed by atoms with E-state index in [0.717, 1.165) is 5.69 Å². The number of anilines is 2. The number of aliphatic hydroxyl groups excluding tert-OH is 2. The van der Waals surface area contributed by atoms with Crippen molar-refractivity contribution in [2.24, 2.45) is 11.0 Å². The minimum absolute atomic E-state index is 0.00536. The van der Waals surface area contributed by atoms with Crippen molar-refractivity contribution in [3.8, 4) is 0 Å². The van der Waals surface area contributed by atoms with E-state index in [4.69, 9.17) is 0 Å². The van der Waals surface area contributed by atoms with Crippen molar-refractivity contribution in [3.63, 3.8) is 0 Å². The smallest absolute Gasteiger partial charge is 0.280 e. The molecule has 166 valence electrons. The number of hydrazine groups is 1. The molecule has 8 heteroatoms. The van der Waals surface area contributed by atoms with Gasteiger partial charge in [0.05, 0.1) is 22.7 Å². The van der Waals surface area contributed by atoms with Gasteiger partial charge in [0.15, 0.2) is 6.29 Å². The van der Waals surface area contributed by atoms with Crippen molar-refractivity contribution >= 4 is 23.0 Å². The number of nitrogens with one attached hydrogen (secondary N) is 1. The maximum Gasteiger partial charge on any atom is 0.280 e. The first-order valence-corrected chi connectivity index (χ1v) is 10.4. The molecule has 0 radical (unpaired) electrons. The maximum absolute atomic E-state index is 12.9. The molecular formula is C24H26N4O4. The molecule has 32 heavy (non-hydrogen) atoms. The highest BCUT2D eigenvalue weighted by molar-refractivity contribution is 6.29. The van der Waals surface area contributed by atoms with Crippen molar-refractivity contribution in [2.45, 2.75) is 32.4 Å². The number of carbonyl (C=O) groups is 1. The van der Waals surface area contributed by atoms with E-state index in [0.29, 0.717) is 22.5 Å². The summed E-state index contributed by atoms with van der Waals surface area (Å²) in [6.45, 7) is 3.76. The number of hydrogen-bond acceptors (Lipinski definition) is 7. The zero-order valence-corrected chi connectivity index (χ0v) is 17.8. The summed E-state index contributed by atoms with van der Waals surface area (Å²) in [6, 6.07) is 15.9. The zero-order valence-electron chi connectivity index (χ0n) is 17.8. The van der Waals surface area contributed by atoms with Gasteiger partial charge in [-0.25, -0.2) is 5.43 Å². The Balaban J connectivity index is 1.47. The van der Waals surface area contributed by atoms with Gasteiger partial charge in [-0.05, 0) is 44.2 Å². The van der Waals surface area contributed by atoms with Crippen LogP contribution in [0.5, 0.6) is 0 Å². The molecule has 0 spiro atoms. The number of para-hydroxylation sites is 1. The van der Waals surface area contributed by atoms with E-state index >= 15 is 0 Å². The Morgan fingerprint density at radius 3 is 2.41 bits per heavy atom. The number of hydrogen-bond donors (Lipinski definition) is 4. The Morgan fingerprint density at radius 1 is 1.06 bits per heavy atom. The third-order valence-electron chi connectivity index (χ3n) is 5.66. The largest absolute Gasteiger partial charge is 0.372 e. The average molecular weight is 434 g/mol. The molecule has 0 aromatic heterocycles. The molecule has 3 atom stereocenters. The number of allylic oxidation sites excluding steroid dienone is 2. The lowest BCUT2D eigenvalue weighted by atomic mass is 10.0. The van der Waals surface area contributed by atoms with E-state index in [1.54, 1.807) is 36.2 Å². The number of rotatable bonds is 5. The van der Waals surface area contributed by atoms with E-state index in [-0.39, 0.29) is 17.9 Å². The molecule has 2 aromatic rings. The molecule has 2 heterocycles. The molecule has 0 aliphatic carbocycles. The second-order valence-corrected chi connectivity index (χ2v) is 7.85. The third-order valence-corrected chi connectivity index (χ3v) is 5.66. The van der Waals surface area contributed by atoms with Gasteiger partial charge >= 0.3 is 0 Å². The topological polar surface area (TPSA) is 109 Å². The summed E-state index contributed by atoms with van der Waals surface area (Å²) in [5, 5.41) is 36.6. The summed E-state index contributed by atoms with van der Waals surface area (Å²) < 4.78 is 0. The Bertz CT molecular complexity index is 1060. The van der Waals surface area contributed by atoms with E-state index in [9.17, 15) is 20.1 Å². The molecular weight excluding hydrogens is 408 g/mol. The normalized spacial score (nSPS) is 24.9. The van der Waals surface area contributed by atoms with Crippen molar-refractivity contribution in [1.82, 2.24) is 5.43 Å². The van der Waals surface area contributed by atoms with E-state index in [1.165, 1.54) is 17.1 Å². The van der Waals surface area contributed by atoms with Crippen LogP contribution < -0.4 is 15.4 Å².